The zero-order chi connectivity index (χ0) is 17.3. The van der Waals surface area contributed by atoms with Gasteiger partial charge < -0.3 is 4.90 Å². The first-order valence-corrected chi connectivity index (χ1v) is 9.10. The fraction of sp³-hybridized carbons (Fsp3) is 0.533. The molecule has 1 aromatic carbocycles. The molecule has 0 N–H and O–H groups in total. The Morgan fingerprint density at radius 3 is 2.30 bits per heavy atom. The summed E-state index contributed by atoms with van der Waals surface area (Å²) in [5.41, 5.74) is -0.287. The maximum atomic E-state index is 12.5. The van der Waals surface area contributed by atoms with Gasteiger partial charge in [0.05, 0.1) is 23.5 Å². The van der Waals surface area contributed by atoms with Crippen molar-refractivity contribution in [2.24, 2.45) is 0 Å². The standard InChI is InChI=1S/C15H18F3NO3S/c1-2-19(13-7-8-23(21,22)10-13)14(20)9-11-3-5-12(6-4-11)15(16,17)18/h3-6,13H,2,7-10H2,1H3. The number of nitrogens with zero attached hydrogens (tertiary/aromatic N) is 1. The Hall–Kier alpha value is -1.57. The van der Waals surface area contributed by atoms with Crippen LogP contribution >= 0.6 is 0 Å². The van der Waals surface area contributed by atoms with Crippen molar-refractivity contribution in [3.63, 3.8) is 0 Å². The van der Waals surface area contributed by atoms with Crippen LogP contribution in [0, 0.1) is 0 Å². The molecule has 0 aliphatic carbocycles. The molecule has 4 nitrogen and oxygen atoms in total. The Bertz CT molecular complexity index is 668. The van der Waals surface area contributed by atoms with Crippen molar-refractivity contribution in [2.45, 2.75) is 32.0 Å². The van der Waals surface area contributed by atoms with Crippen LogP contribution in [0.4, 0.5) is 13.2 Å². The highest BCUT2D eigenvalue weighted by Crippen LogP contribution is 2.29. The zero-order valence-electron chi connectivity index (χ0n) is 12.6. The fourth-order valence-electron chi connectivity index (χ4n) is 2.75. The first kappa shape index (κ1) is 17.8. The minimum atomic E-state index is -4.41. The Morgan fingerprint density at radius 1 is 1.26 bits per heavy atom. The summed E-state index contributed by atoms with van der Waals surface area (Å²) in [6.45, 7) is 2.13. The molecule has 1 fully saturated rings. The number of alkyl halides is 3. The number of hydrogen-bond donors (Lipinski definition) is 0. The fourth-order valence-corrected chi connectivity index (χ4v) is 4.48. The number of carbonyl (C=O) groups excluding carboxylic acids is 1. The van der Waals surface area contributed by atoms with Gasteiger partial charge in [0, 0.05) is 12.6 Å². The topological polar surface area (TPSA) is 54.5 Å². The minimum Gasteiger partial charge on any atom is -0.339 e. The molecule has 128 valence electrons. The molecule has 8 heteroatoms. The highest BCUT2D eigenvalue weighted by molar-refractivity contribution is 7.91. The van der Waals surface area contributed by atoms with Crippen molar-refractivity contribution in [2.75, 3.05) is 18.1 Å². The van der Waals surface area contributed by atoms with Gasteiger partial charge in [-0.3, -0.25) is 4.79 Å². The van der Waals surface area contributed by atoms with Crippen LogP contribution in [-0.2, 0) is 27.2 Å². The number of amides is 1. The molecule has 2 rings (SSSR count). The third kappa shape index (κ3) is 4.46. The lowest BCUT2D eigenvalue weighted by Gasteiger charge is -2.27. The molecule has 1 heterocycles. The molecular weight excluding hydrogens is 331 g/mol. The molecule has 0 aromatic heterocycles. The molecule has 1 aliphatic heterocycles. The Balaban J connectivity index is 2.05. The quantitative estimate of drug-likeness (QED) is 0.838. The second-order valence-corrected chi connectivity index (χ2v) is 7.84. The minimum absolute atomic E-state index is 0.0392. The number of sulfone groups is 1. The van der Waals surface area contributed by atoms with Gasteiger partial charge >= 0.3 is 6.18 Å². The summed E-state index contributed by atoms with van der Waals surface area (Å²) in [6, 6.07) is 4.10. The van der Waals surface area contributed by atoms with Gasteiger partial charge in [-0.05, 0) is 31.0 Å². The normalized spacial score (nSPS) is 20.4. The van der Waals surface area contributed by atoms with E-state index in [-0.39, 0.29) is 29.9 Å². The van der Waals surface area contributed by atoms with Crippen LogP contribution in [0.5, 0.6) is 0 Å². The molecule has 0 bridgehead atoms. The van der Waals surface area contributed by atoms with E-state index in [1.165, 1.54) is 17.0 Å². The third-order valence-electron chi connectivity index (χ3n) is 3.95. The summed E-state index contributed by atoms with van der Waals surface area (Å²) in [5.74, 6) is -0.240. The van der Waals surface area contributed by atoms with E-state index in [0.29, 0.717) is 18.5 Å². The average molecular weight is 349 g/mol. The molecule has 1 aliphatic rings. The number of carbonyl (C=O) groups is 1. The first-order valence-electron chi connectivity index (χ1n) is 7.28. The van der Waals surface area contributed by atoms with E-state index in [4.69, 9.17) is 0 Å². The van der Waals surface area contributed by atoms with E-state index >= 15 is 0 Å². The molecule has 0 radical (unpaired) electrons. The smallest absolute Gasteiger partial charge is 0.339 e. The zero-order valence-corrected chi connectivity index (χ0v) is 13.5. The van der Waals surface area contributed by atoms with Crippen LogP contribution < -0.4 is 0 Å². The summed E-state index contributed by atoms with van der Waals surface area (Å²) in [7, 11) is -3.10. The summed E-state index contributed by atoms with van der Waals surface area (Å²) in [5, 5.41) is 0. The van der Waals surface area contributed by atoms with E-state index in [2.05, 4.69) is 0 Å². The molecule has 1 amide bonds. The van der Waals surface area contributed by atoms with Crippen LogP contribution in [0.25, 0.3) is 0 Å². The van der Waals surface area contributed by atoms with Gasteiger partial charge in [0.2, 0.25) is 5.91 Å². The Morgan fingerprint density at radius 2 is 1.87 bits per heavy atom. The predicted molar refractivity (Wildman–Crippen MR) is 79.6 cm³/mol. The monoisotopic (exact) mass is 349 g/mol. The van der Waals surface area contributed by atoms with Crippen molar-refractivity contribution in [1.29, 1.82) is 0 Å². The first-order chi connectivity index (χ1) is 10.6. The van der Waals surface area contributed by atoms with E-state index in [9.17, 15) is 26.4 Å². The highest BCUT2D eigenvalue weighted by Gasteiger charge is 2.34. The van der Waals surface area contributed by atoms with Gasteiger partial charge in [0.15, 0.2) is 9.84 Å². The molecular formula is C15H18F3NO3S. The predicted octanol–water partition coefficient (Wildman–Crippen LogP) is 2.28. The van der Waals surface area contributed by atoms with Crippen molar-refractivity contribution >= 4 is 15.7 Å². The highest BCUT2D eigenvalue weighted by atomic mass is 32.2. The molecule has 0 spiro atoms. The van der Waals surface area contributed by atoms with Crippen molar-refractivity contribution in [3.8, 4) is 0 Å². The summed E-state index contributed by atoms with van der Waals surface area (Å²) in [6.07, 6.45) is -4.03. The molecule has 23 heavy (non-hydrogen) atoms. The molecule has 0 saturated carbocycles. The van der Waals surface area contributed by atoms with Gasteiger partial charge in [0.25, 0.3) is 0 Å². The van der Waals surface area contributed by atoms with Crippen LogP contribution in [0.2, 0.25) is 0 Å². The van der Waals surface area contributed by atoms with Crippen molar-refractivity contribution in [3.05, 3.63) is 35.4 Å². The number of hydrogen-bond acceptors (Lipinski definition) is 3. The molecule has 1 saturated heterocycles. The summed E-state index contributed by atoms with van der Waals surface area (Å²) < 4.78 is 60.6. The van der Waals surface area contributed by atoms with Crippen LogP contribution in [0.15, 0.2) is 24.3 Å². The number of halogens is 3. The van der Waals surface area contributed by atoms with Crippen molar-refractivity contribution in [1.82, 2.24) is 4.90 Å². The lowest BCUT2D eigenvalue weighted by atomic mass is 10.1. The lowest BCUT2D eigenvalue weighted by molar-refractivity contribution is -0.137. The lowest BCUT2D eigenvalue weighted by Crippen LogP contribution is -2.41. The van der Waals surface area contributed by atoms with E-state index < -0.39 is 21.6 Å². The van der Waals surface area contributed by atoms with Crippen LogP contribution in [0.1, 0.15) is 24.5 Å². The molecule has 1 atom stereocenters. The summed E-state index contributed by atoms with van der Waals surface area (Å²) in [4.78, 5) is 13.8. The van der Waals surface area contributed by atoms with E-state index in [1.54, 1.807) is 6.92 Å². The van der Waals surface area contributed by atoms with E-state index in [1.807, 2.05) is 0 Å². The maximum Gasteiger partial charge on any atom is 0.416 e. The second-order valence-electron chi connectivity index (χ2n) is 5.61. The number of likely N-dealkylation sites (N-methyl/N-ethyl adjacent to an activating group) is 1. The average Bonchev–Trinajstić information content (AvgIpc) is 2.79. The Kier molecular flexibility index (Phi) is 5.03. The van der Waals surface area contributed by atoms with Gasteiger partial charge in [-0.1, -0.05) is 12.1 Å². The van der Waals surface area contributed by atoms with E-state index in [0.717, 1.165) is 12.1 Å². The van der Waals surface area contributed by atoms with Crippen LogP contribution in [0.3, 0.4) is 0 Å². The second kappa shape index (κ2) is 6.51. The van der Waals surface area contributed by atoms with Crippen LogP contribution in [-0.4, -0.2) is 43.3 Å². The number of rotatable bonds is 4. The van der Waals surface area contributed by atoms with Crippen molar-refractivity contribution < 1.29 is 26.4 Å². The van der Waals surface area contributed by atoms with Gasteiger partial charge in [-0.15, -0.1) is 0 Å². The number of benzene rings is 1. The summed E-state index contributed by atoms with van der Waals surface area (Å²) >= 11 is 0. The molecule has 1 aromatic rings. The maximum absolute atomic E-state index is 12.5. The SMILES string of the molecule is CCN(C(=O)Cc1ccc(C(F)(F)F)cc1)C1CCS(=O)(=O)C1. The largest absolute Gasteiger partial charge is 0.416 e. The molecule has 1 unspecified atom stereocenters. The van der Waals surface area contributed by atoms with Gasteiger partial charge in [-0.25, -0.2) is 8.42 Å². The van der Waals surface area contributed by atoms with Gasteiger partial charge in [0.1, 0.15) is 0 Å². The van der Waals surface area contributed by atoms with Gasteiger partial charge in [-0.2, -0.15) is 13.2 Å². The Labute approximate surface area is 133 Å². The third-order valence-corrected chi connectivity index (χ3v) is 5.70.